The van der Waals surface area contributed by atoms with E-state index in [0.717, 1.165) is 19.6 Å². The van der Waals surface area contributed by atoms with Gasteiger partial charge in [0.05, 0.1) is 24.5 Å². The van der Waals surface area contributed by atoms with Crippen molar-refractivity contribution in [1.29, 1.82) is 0 Å². The maximum absolute atomic E-state index is 10.1. The predicted molar refractivity (Wildman–Crippen MR) is 76.7 cm³/mol. The lowest BCUT2D eigenvalue weighted by molar-refractivity contribution is 0.0986. The molecular formula is C14H26N4O. The minimum absolute atomic E-state index is 0.385. The van der Waals surface area contributed by atoms with E-state index < -0.39 is 0 Å². The summed E-state index contributed by atoms with van der Waals surface area (Å²) in [7, 11) is 0. The molecule has 3 N–H and O–H groups in total. The smallest absolute Gasteiger partial charge is 0.0862 e. The number of rotatable bonds is 6. The quantitative estimate of drug-likeness (QED) is 0.815. The Morgan fingerprint density at radius 1 is 1.42 bits per heavy atom. The van der Waals surface area contributed by atoms with E-state index in [4.69, 9.17) is 5.73 Å². The average molecular weight is 266 g/mol. The van der Waals surface area contributed by atoms with Gasteiger partial charge in [0.1, 0.15) is 0 Å². The van der Waals surface area contributed by atoms with Gasteiger partial charge in [-0.15, -0.1) is 0 Å². The summed E-state index contributed by atoms with van der Waals surface area (Å²) in [6.07, 6.45) is 6.69. The van der Waals surface area contributed by atoms with Gasteiger partial charge in [0.15, 0.2) is 0 Å². The van der Waals surface area contributed by atoms with Crippen LogP contribution in [0.3, 0.4) is 0 Å². The summed E-state index contributed by atoms with van der Waals surface area (Å²) in [4.78, 5) is 2.38. The van der Waals surface area contributed by atoms with Gasteiger partial charge in [-0.2, -0.15) is 5.10 Å². The van der Waals surface area contributed by atoms with Gasteiger partial charge in [-0.05, 0) is 31.2 Å². The molecule has 0 amide bonds. The summed E-state index contributed by atoms with van der Waals surface area (Å²) < 4.78 is 1.71. The van der Waals surface area contributed by atoms with Crippen LogP contribution in [0, 0.1) is 5.41 Å². The van der Waals surface area contributed by atoms with Crippen LogP contribution in [0.2, 0.25) is 0 Å². The zero-order valence-corrected chi connectivity index (χ0v) is 12.0. The van der Waals surface area contributed by atoms with Crippen molar-refractivity contribution in [3.8, 4) is 0 Å². The number of nitrogen functional groups attached to an aromatic ring is 1. The first kappa shape index (κ1) is 14.3. The molecule has 1 aromatic rings. The third kappa shape index (κ3) is 3.48. The molecule has 108 valence electrons. The van der Waals surface area contributed by atoms with Crippen LogP contribution in [0.4, 0.5) is 5.69 Å². The number of aliphatic hydroxyl groups excluding tert-OH is 1. The Hall–Kier alpha value is -1.07. The van der Waals surface area contributed by atoms with Gasteiger partial charge in [0.2, 0.25) is 0 Å². The highest BCUT2D eigenvalue weighted by molar-refractivity contribution is 5.30. The Morgan fingerprint density at radius 2 is 2.16 bits per heavy atom. The largest absolute Gasteiger partial charge is 0.396 e. The summed E-state index contributed by atoms with van der Waals surface area (Å²) in [6, 6.07) is 0. The number of nitrogens with zero attached hydrogens (tertiary/aromatic N) is 3. The van der Waals surface area contributed by atoms with E-state index in [1.165, 1.54) is 19.3 Å². The molecule has 0 radical (unpaired) electrons. The van der Waals surface area contributed by atoms with Crippen LogP contribution in [-0.4, -0.2) is 45.5 Å². The van der Waals surface area contributed by atoms with E-state index in [1.54, 1.807) is 17.1 Å². The van der Waals surface area contributed by atoms with Crippen LogP contribution in [0.1, 0.15) is 33.1 Å². The topological polar surface area (TPSA) is 67.3 Å². The zero-order chi connectivity index (χ0) is 13.9. The fourth-order valence-electron chi connectivity index (χ4n) is 3.06. The van der Waals surface area contributed by atoms with Crippen LogP contribution in [0.15, 0.2) is 12.4 Å². The Labute approximate surface area is 115 Å². The SMILES string of the molecule is CCC1(CC)CCN(CC(O)Cn2cc(N)cn2)C1. The number of likely N-dealkylation sites (tertiary alicyclic amines) is 1. The third-order valence-corrected chi connectivity index (χ3v) is 4.54. The second kappa shape index (κ2) is 5.92. The molecule has 1 saturated heterocycles. The molecular weight excluding hydrogens is 240 g/mol. The monoisotopic (exact) mass is 266 g/mol. The van der Waals surface area contributed by atoms with Crippen molar-refractivity contribution in [3.63, 3.8) is 0 Å². The van der Waals surface area contributed by atoms with Gasteiger partial charge in [-0.3, -0.25) is 4.68 Å². The maximum Gasteiger partial charge on any atom is 0.0862 e. The number of hydrogen-bond donors (Lipinski definition) is 2. The van der Waals surface area contributed by atoms with E-state index in [-0.39, 0.29) is 6.10 Å². The summed E-state index contributed by atoms with van der Waals surface area (Å²) in [5.74, 6) is 0. The summed E-state index contributed by atoms with van der Waals surface area (Å²) in [5, 5.41) is 14.2. The second-order valence-corrected chi connectivity index (χ2v) is 5.84. The van der Waals surface area contributed by atoms with E-state index >= 15 is 0 Å². The maximum atomic E-state index is 10.1. The van der Waals surface area contributed by atoms with Crippen molar-refractivity contribution in [1.82, 2.24) is 14.7 Å². The summed E-state index contributed by atoms with van der Waals surface area (Å²) in [5.41, 5.74) is 6.73. The molecule has 5 heteroatoms. The van der Waals surface area contributed by atoms with Gasteiger partial charge < -0.3 is 15.7 Å². The molecule has 0 bridgehead atoms. The van der Waals surface area contributed by atoms with Gasteiger partial charge in [0, 0.05) is 19.3 Å². The molecule has 0 saturated carbocycles. The standard InChI is InChI=1S/C14H26N4O/c1-3-14(4-2)5-6-17(11-14)9-13(19)10-18-8-12(15)7-16-18/h7-8,13,19H,3-6,9-11,15H2,1-2H3. The summed E-state index contributed by atoms with van der Waals surface area (Å²) in [6.45, 7) is 7.99. The molecule has 19 heavy (non-hydrogen) atoms. The Kier molecular flexibility index (Phi) is 4.47. The number of aliphatic hydroxyl groups is 1. The number of aromatic nitrogens is 2. The lowest BCUT2D eigenvalue weighted by Gasteiger charge is -2.27. The lowest BCUT2D eigenvalue weighted by atomic mass is 9.82. The van der Waals surface area contributed by atoms with Crippen molar-refractivity contribution in [2.24, 2.45) is 5.41 Å². The van der Waals surface area contributed by atoms with E-state index in [2.05, 4.69) is 23.8 Å². The van der Waals surface area contributed by atoms with E-state index in [9.17, 15) is 5.11 Å². The molecule has 5 nitrogen and oxygen atoms in total. The first-order valence-corrected chi connectivity index (χ1v) is 7.25. The molecule has 2 heterocycles. The van der Waals surface area contributed by atoms with Crippen LogP contribution in [-0.2, 0) is 6.54 Å². The molecule has 1 aliphatic rings. The number of β-amino-alcohol motifs (C(OH)–C–C–N with tert-alkyl or cyclic N) is 1. The summed E-state index contributed by atoms with van der Waals surface area (Å²) >= 11 is 0. The normalized spacial score (nSPS) is 20.8. The minimum Gasteiger partial charge on any atom is -0.396 e. The minimum atomic E-state index is -0.385. The van der Waals surface area contributed by atoms with Gasteiger partial charge in [-0.25, -0.2) is 0 Å². The molecule has 1 fully saturated rings. The first-order valence-electron chi connectivity index (χ1n) is 7.25. The molecule has 0 aliphatic carbocycles. The average Bonchev–Trinajstić information content (AvgIpc) is 2.97. The molecule has 0 spiro atoms. The third-order valence-electron chi connectivity index (χ3n) is 4.54. The van der Waals surface area contributed by atoms with Crippen molar-refractivity contribution < 1.29 is 5.11 Å². The Bertz CT molecular complexity index is 400. The van der Waals surface area contributed by atoms with Crippen LogP contribution in [0.5, 0.6) is 0 Å². The van der Waals surface area contributed by atoms with E-state index in [0.29, 0.717) is 17.6 Å². The highest BCUT2D eigenvalue weighted by Crippen LogP contribution is 2.36. The number of hydrogen-bond acceptors (Lipinski definition) is 4. The first-order chi connectivity index (χ1) is 9.07. The highest BCUT2D eigenvalue weighted by Gasteiger charge is 2.35. The molecule has 1 unspecified atom stereocenters. The van der Waals surface area contributed by atoms with Crippen molar-refractivity contribution in [3.05, 3.63) is 12.4 Å². The number of nitrogens with two attached hydrogens (primary N) is 1. The van der Waals surface area contributed by atoms with Gasteiger partial charge in [0.25, 0.3) is 0 Å². The zero-order valence-electron chi connectivity index (χ0n) is 12.0. The highest BCUT2D eigenvalue weighted by atomic mass is 16.3. The Balaban J connectivity index is 1.82. The molecule has 1 atom stereocenters. The second-order valence-electron chi connectivity index (χ2n) is 5.84. The van der Waals surface area contributed by atoms with Crippen LogP contribution in [0.25, 0.3) is 0 Å². The fourth-order valence-corrected chi connectivity index (χ4v) is 3.06. The van der Waals surface area contributed by atoms with Gasteiger partial charge >= 0.3 is 0 Å². The number of anilines is 1. The lowest BCUT2D eigenvalue weighted by Crippen LogP contribution is -2.35. The van der Waals surface area contributed by atoms with Gasteiger partial charge in [-0.1, -0.05) is 13.8 Å². The molecule has 2 rings (SSSR count). The molecule has 1 aromatic heterocycles. The predicted octanol–water partition coefficient (Wildman–Crippen LogP) is 1.34. The van der Waals surface area contributed by atoms with Crippen molar-refractivity contribution in [2.75, 3.05) is 25.4 Å². The van der Waals surface area contributed by atoms with E-state index in [1.807, 2.05) is 0 Å². The van der Waals surface area contributed by atoms with Crippen LogP contribution >= 0.6 is 0 Å². The molecule has 1 aliphatic heterocycles. The Morgan fingerprint density at radius 3 is 2.68 bits per heavy atom. The van der Waals surface area contributed by atoms with Crippen molar-refractivity contribution in [2.45, 2.75) is 45.8 Å². The van der Waals surface area contributed by atoms with Crippen molar-refractivity contribution >= 4 is 5.69 Å². The van der Waals surface area contributed by atoms with Crippen LogP contribution < -0.4 is 5.73 Å². The molecule has 0 aromatic carbocycles. The fraction of sp³-hybridized carbons (Fsp3) is 0.786.